The topological polar surface area (TPSA) is 43.9 Å². The summed E-state index contributed by atoms with van der Waals surface area (Å²) < 4.78 is 0. The molecule has 0 atom stereocenters. The number of anilines is 1. The van der Waals surface area contributed by atoms with Gasteiger partial charge in [-0.1, -0.05) is 41.4 Å². The number of halogens is 1. The molecule has 0 bridgehead atoms. The maximum Gasteiger partial charge on any atom is 0.294 e. The van der Waals surface area contributed by atoms with Crippen molar-refractivity contribution in [2.75, 3.05) is 37.7 Å². The van der Waals surface area contributed by atoms with E-state index in [1.165, 1.54) is 16.2 Å². The van der Waals surface area contributed by atoms with Crippen molar-refractivity contribution < 1.29 is 9.59 Å². The standard InChI is InChI=1S/C22H22ClN3O2S/c1-16-2-8-19(9-3-16)25-12-10-24(11-13-25)15-26-21(27)20(29-22(26)28)14-17-4-6-18(23)7-5-17/h2-9,14H,10-13,15H2,1H3. The van der Waals surface area contributed by atoms with Gasteiger partial charge in [-0.25, -0.2) is 0 Å². The summed E-state index contributed by atoms with van der Waals surface area (Å²) in [5, 5.41) is 0.427. The van der Waals surface area contributed by atoms with E-state index in [0.29, 0.717) is 16.6 Å². The minimum Gasteiger partial charge on any atom is -0.369 e. The van der Waals surface area contributed by atoms with E-state index in [4.69, 9.17) is 11.6 Å². The molecule has 5 nitrogen and oxygen atoms in total. The number of benzene rings is 2. The lowest BCUT2D eigenvalue weighted by Crippen LogP contribution is -2.50. The first-order chi connectivity index (χ1) is 14.0. The third-order valence-electron chi connectivity index (χ3n) is 5.15. The summed E-state index contributed by atoms with van der Waals surface area (Å²) in [4.78, 5) is 31.4. The fourth-order valence-corrected chi connectivity index (χ4v) is 4.39. The number of hydrogen-bond donors (Lipinski definition) is 0. The lowest BCUT2D eigenvalue weighted by Gasteiger charge is -2.37. The average molecular weight is 428 g/mol. The zero-order valence-electron chi connectivity index (χ0n) is 16.2. The number of carbonyl (C=O) groups excluding carboxylic acids is 2. The molecule has 0 saturated carbocycles. The summed E-state index contributed by atoms with van der Waals surface area (Å²) >= 11 is 6.90. The molecule has 0 unspecified atom stereocenters. The zero-order valence-corrected chi connectivity index (χ0v) is 17.7. The molecule has 2 aromatic rings. The summed E-state index contributed by atoms with van der Waals surface area (Å²) in [5.41, 5.74) is 3.32. The number of rotatable bonds is 4. The highest BCUT2D eigenvalue weighted by Gasteiger charge is 2.36. The molecule has 2 saturated heterocycles. The molecular weight excluding hydrogens is 406 g/mol. The normalized spacial score (nSPS) is 19.4. The third-order valence-corrected chi connectivity index (χ3v) is 6.31. The van der Waals surface area contributed by atoms with Gasteiger partial charge in [0.1, 0.15) is 0 Å². The second-order valence-corrected chi connectivity index (χ2v) is 8.67. The van der Waals surface area contributed by atoms with E-state index >= 15 is 0 Å². The minimum absolute atomic E-state index is 0.212. The van der Waals surface area contributed by atoms with Crippen LogP contribution < -0.4 is 4.90 Å². The lowest BCUT2D eigenvalue weighted by atomic mass is 10.2. The Labute approximate surface area is 179 Å². The van der Waals surface area contributed by atoms with Crippen molar-refractivity contribution in [3.63, 3.8) is 0 Å². The second-order valence-electron chi connectivity index (χ2n) is 7.24. The summed E-state index contributed by atoms with van der Waals surface area (Å²) in [6.07, 6.45) is 1.75. The van der Waals surface area contributed by atoms with E-state index in [2.05, 4.69) is 41.0 Å². The number of aryl methyl sites for hydroxylation is 1. The van der Waals surface area contributed by atoms with E-state index < -0.39 is 0 Å². The molecule has 2 aliphatic rings. The van der Waals surface area contributed by atoms with E-state index in [-0.39, 0.29) is 11.1 Å². The van der Waals surface area contributed by atoms with Gasteiger partial charge in [-0.15, -0.1) is 0 Å². The molecule has 0 N–H and O–H groups in total. The Morgan fingerprint density at radius 2 is 1.62 bits per heavy atom. The first kappa shape index (κ1) is 20.0. The predicted octanol–water partition coefficient (Wildman–Crippen LogP) is 4.46. The molecule has 2 heterocycles. The van der Waals surface area contributed by atoms with E-state index in [0.717, 1.165) is 43.5 Å². The van der Waals surface area contributed by atoms with Crippen LogP contribution in [-0.2, 0) is 4.79 Å². The quantitative estimate of drug-likeness (QED) is 0.674. The molecule has 0 aromatic heterocycles. The molecule has 2 aromatic carbocycles. The number of amides is 2. The molecule has 2 amide bonds. The number of piperazine rings is 1. The smallest absolute Gasteiger partial charge is 0.294 e. The van der Waals surface area contributed by atoms with Crippen molar-refractivity contribution in [1.29, 1.82) is 0 Å². The van der Waals surface area contributed by atoms with E-state index in [9.17, 15) is 9.59 Å². The Kier molecular flexibility index (Phi) is 5.94. The predicted molar refractivity (Wildman–Crippen MR) is 119 cm³/mol. The molecule has 0 radical (unpaired) electrons. The van der Waals surface area contributed by atoms with Crippen LogP contribution in [0.1, 0.15) is 11.1 Å². The lowest BCUT2D eigenvalue weighted by molar-refractivity contribution is -0.124. The van der Waals surface area contributed by atoms with Gasteiger partial charge in [0, 0.05) is 36.9 Å². The molecule has 4 rings (SSSR count). The SMILES string of the molecule is Cc1ccc(N2CCN(CN3C(=O)SC(=Cc4ccc(Cl)cc4)C3=O)CC2)cc1. The van der Waals surface area contributed by atoms with Gasteiger partial charge in [0.05, 0.1) is 11.6 Å². The highest BCUT2D eigenvalue weighted by molar-refractivity contribution is 8.18. The molecule has 0 aliphatic carbocycles. The molecule has 150 valence electrons. The van der Waals surface area contributed by atoms with Crippen LogP contribution in [-0.4, -0.2) is 53.8 Å². The van der Waals surface area contributed by atoms with Crippen LogP contribution in [0, 0.1) is 6.92 Å². The van der Waals surface area contributed by atoms with Gasteiger partial charge in [-0.2, -0.15) is 0 Å². The Balaban J connectivity index is 1.36. The molecule has 29 heavy (non-hydrogen) atoms. The van der Waals surface area contributed by atoms with Crippen molar-refractivity contribution in [2.24, 2.45) is 0 Å². The van der Waals surface area contributed by atoms with Gasteiger partial charge < -0.3 is 4.90 Å². The maximum atomic E-state index is 12.7. The molecule has 2 aliphatic heterocycles. The van der Waals surface area contributed by atoms with Crippen LogP contribution in [0.3, 0.4) is 0 Å². The number of nitrogens with zero attached hydrogens (tertiary/aromatic N) is 3. The van der Waals surface area contributed by atoms with Crippen molar-refractivity contribution >= 4 is 46.3 Å². The van der Waals surface area contributed by atoms with Gasteiger partial charge in [0.25, 0.3) is 11.1 Å². The van der Waals surface area contributed by atoms with Crippen LogP contribution in [0.5, 0.6) is 0 Å². The first-order valence-electron chi connectivity index (χ1n) is 9.54. The fraction of sp³-hybridized carbons (Fsp3) is 0.273. The van der Waals surface area contributed by atoms with Crippen molar-refractivity contribution in [3.8, 4) is 0 Å². The summed E-state index contributed by atoms with van der Waals surface area (Å²) in [6, 6.07) is 15.7. The fourth-order valence-electron chi connectivity index (χ4n) is 3.44. The van der Waals surface area contributed by atoms with Crippen molar-refractivity contribution in [3.05, 3.63) is 69.6 Å². The van der Waals surface area contributed by atoms with Crippen LogP contribution in [0.15, 0.2) is 53.4 Å². The molecular formula is C22H22ClN3O2S. The Bertz CT molecular complexity index is 936. The zero-order chi connectivity index (χ0) is 20.4. The Morgan fingerprint density at radius 3 is 2.28 bits per heavy atom. The highest BCUT2D eigenvalue weighted by Crippen LogP contribution is 2.32. The Hall–Kier alpha value is -2.28. The van der Waals surface area contributed by atoms with Gasteiger partial charge in [-0.3, -0.25) is 19.4 Å². The van der Waals surface area contributed by atoms with Crippen LogP contribution in [0.25, 0.3) is 6.08 Å². The maximum absolute atomic E-state index is 12.7. The van der Waals surface area contributed by atoms with Crippen LogP contribution in [0.2, 0.25) is 5.02 Å². The van der Waals surface area contributed by atoms with Crippen molar-refractivity contribution in [1.82, 2.24) is 9.80 Å². The number of carbonyl (C=O) groups is 2. The van der Waals surface area contributed by atoms with Gasteiger partial charge in [-0.05, 0) is 54.6 Å². The van der Waals surface area contributed by atoms with E-state index in [1.54, 1.807) is 18.2 Å². The van der Waals surface area contributed by atoms with Crippen LogP contribution in [0.4, 0.5) is 10.5 Å². The van der Waals surface area contributed by atoms with E-state index in [1.807, 2.05) is 12.1 Å². The monoisotopic (exact) mass is 427 g/mol. The molecule has 2 fully saturated rings. The first-order valence-corrected chi connectivity index (χ1v) is 10.7. The van der Waals surface area contributed by atoms with Gasteiger partial charge in [0.2, 0.25) is 0 Å². The van der Waals surface area contributed by atoms with Gasteiger partial charge >= 0.3 is 0 Å². The third kappa shape index (κ3) is 4.66. The number of hydrogen-bond acceptors (Lipinski definition) is 5. The number of imide groups is 1. The minimum atomic E-state index is -0.226. The van der Waals surface area contributed by atoms with Crippen molar-refractivity contribution in [2.45, 2.75) is 6.92 Å². The average Bonchev–Trinajstić information content (AvgIpc) is 2.98. The summed E-state index contributed by atoms with van der Waals surface area (Å²) in [5.74, 6) is -0.226. The summed E-state index contributed by atoms with van der Waals surface area (Å²) in [6.45, 7) is 5.79. The van der Waals surface area contributed by atoms with Crippen LogP contribution >= 0.6 is 23.4 Å². The largest absolute Gasteiger partial charge is 0.369 e. The second kappa shape index (κ2) is 8.61. The van der Waals surface area contributed by atoms with Gasteiger partial charge in [0.15, 0.2) is 0 Å². The Morgan fingerprint density at radius 1 is 0.966 bits per heavy atom. The molecule has 0 spiro atoms. The highest BCUT2D eigenvalue weighted by atomic mass is 35.5. The summed E-state index contributed by atoms with van der Waals surface area (Å²) in [7, 11) is 0. The molecule has 7 heteroatoms. The number of thioether (sulfide) groups is 1.